The van der Waals surface area contributed by atoms with Crippen LogP contribution in [0, 0.1) is 0 Å². The normalized spacial score (nSPS) is 12.6. The summed E-state index contributed by atoms with van der Waals surface area (Å²) in [7, 11) is 0. The van der Waals surface area contributed by atoms with E-state index in [1.54, 1.807) is 6.92 Å². The standard InChI is InChI=1S/C11H10N2O2/c1-7(11(14)15)10-6-12-8-4-2-3-5-9(8)13-10/h2-7H,1H3,(H,14,15). The number of benzene rings is 1. The Bertz CT molecular complexity index is 511. The van der Waals surface area contributed by atoms with Gasteiger partial charge < -0.3 is 5.11 Å². The number of carboxylic acid groups (broad SMARTS) is 1. The smallest absolute Gasteiger partial charge is 0.312 e. The lowest BCUT2D eigenvalue weighted by molar-refractivity contribution is -0.138. The van der Waals surface area contributed by atoms with Crippen molar-refractivity contribution in [1.29, 1.82) is 0 Å². The molecule has 1 aromatic heterocycles. The van der Waals surface area contributed by atoms with Crippen LogP contribution in [-0.4, -0.2) is 21.0 Å². The number of para-hydroxylation sites is 2. The monoisotopic (exact) mass is 202 g/mol. The number of rotatable bonds is 2. The summed E-state index contributed by atoms with van der Waals surface area (Å²) in [6, 6.07) is 7.39. The van der Waals surface area contributed by atoms with Gasteiger partial charge in [-0.1, -0.05) is 12.1 Å². The number of fused-ring (bicyclic) bond motifs is 1. The second-order valence-corrected chi connectivity index (χ2v) is 3.34. The Morgan fingerprint density at radius 1 is 1.33 bits per heavy atom. The van der Waals surface area contributed by atoms with Gasteiger partial charge in [0.2, 0.25) is 0 Å². The first-order valence-electron chi connectivity index (χ1n) is 4.63. The van der Waals surface area contributed by atoms with Crippen molar-refractivity contribution in [2.45, 2.75) is 12.8 Å². The van der Waals surface area contributed by atoms with E-state index in [4.69, 9.17) is 5.11 Å². The van der Waals surface area contributed by atoms with Crippen molar-refractivity contribution >= 4 is 17.0 Å². The average Bonchev–Trinajstić information content (AvgIpc) is 2.27. The largest absolute Gasteiger partial charge is 0.481 e. The molecule has 0 aliphatic rings. The average molecular weight is 202 g/mol. The van der Waals surface area contributed by atoms with E-state index in [-0.39, 0.29) is 0 Å². The maximum atomic E-state index is 10.8. The Kier molecular flexibility index (Phi) is 2.33. The van der Waals surface area contributed by atoms with Crippen LogP contribution in [0.2, 0.25) is 0 Å². The van der Waals surface area contributed by atoms with Gasteiger partial charge in [-0.15, -0.1) is 0 Å². The number of aliphatic carboxylic acids is 1. The summed E-state index contributed by atoms with van der Waals surface area (Å²) in [5.74, 6) is -1.51. The van der Waals surface area contributed by atoms with Crippen molar-refractivity contribution < 1.29 is 9.90 Å². The topological polar surface area (TPSA) is 63.1 Å². The molecule has 0 fully saturated rings. The van der Waals surface area contributed by atoms with E-state index < -0.39 is 11.9 Å². The molecule has 1 N–H and O–H groups in total. The second kappa shape index (κ2) is 3.65. The first-order valence-corrected chi connectivity index (χ1v) is 4.63. The molecule has 76 valence electrons. The van der Waals surface area contributed by atoms with Gasteiger partial charge in [-0.3, -0.25) is 9.78 Å². The fraction of sp³-hybridized carbons (Fsp3) is 0.182. The summed E-state index contributed by atoms with van der Waals surface area (Å²) in [5.41, 5.74) is 1.99. The first kappa shape index (κ1) is 9.58. The van der Waals surface area contributed by atoms with Gasteiger partial charge >= 0.3 is 5.97 Å². The SMILES string of the molecule is CC(C(=O)O)c1cnc2ccccc2n1. The Morgan fingerprint density at radius 3 is 2.67 bits per heavy atom. The zero-order valence-electron chi connectivity index (χ0n) is 8.21. The maximum absolute atomic E-state index is 10.8. The van der Waals surface area contributed by atoms with Crippen LogP contribution in [0.15, 0.2) is 30.5 Å². The highest BCUT2D eigenvalue weighted by Crippen LogP contribution is 2.15. The van der Waals surface area contributed by atoms with E-state index in [0.29, 0.717) is 5.69 Å². The molecule has 0 aliphatic heterocycles. The molecule has 1 unspecified atom stereocenters. The van der Waals surface area contributed by atoms with Crippen molar-refractivity contribution in [2.24, 2.45) is 0 Å². The molecule has 1 atom stereocenters. The molecule has 4 nitrogen and oxygen atoms in total. The highest BCUT2D eigenvalue weighted by Gasteiger charge is 2.15. The highest BCUT2D eigenvalue weighted by molar-refractivity contribution is 5.77. The van der Waals surface area contributed by atoms with E-state index >= 15 is 0 Å². The van der Waals surface area contributed by atoms with Crippen LogP contribution in [-0.2, 0) is 4.79 Å². The second-order valence-electron chi connectivity index (χ2n) is 3.34. The predicted octanol–water partition coefficient (Wildman–Crippen LogP) is 1.82. The van der Waals surface area contributed by atoms with Crippen LogP contribution >= 0.6 is 0 Å². The van der Waals surface area contributed by atoms with E-state index in [2.05, 4.69) is 9.97 Å². The summed E-state index contributed by atoms with van der Waals surface area (Å²) in [5, 5.41) is 8.84. The van der Waals surface area contributed by atoms with Crippen molar-refractivity contribution in [2.75, 3.05) is 0 Å². The third kappa shape index (κ3) is 1.79. The van der Waals surface area contributed by atoms with E-state index in [1.807, 2.05) is 24.3 Å². The molecule has 15 heavy (non-hydrogen) atoms. The van der Waals surface area contributed by atoms with E-state index in [9.17, 15) is 4.79 Å². The molecule has 0 amide bonds. The molecule has 0 radical (unpaired) electrons. The van der Waals surface area contributed by atoms with Crippen LogP contribution in [0.25, 0.3) is 11.0 Å². The molecular weight excluding hydrogens is 192 g/mol. The minimum atomic E-state index is -0.889. The Balaban J connectivity index is 2.51. The van der Waals surface area contributed by atoms with Crippen LogP contribution in [0.4, 0.5) is 0 Å². The van der Waals surface area contributed by atoms with Crippen molar-refractivity contribution in [3.8, 4) is 0 Å². The lowest BCUT2D eigenvalue weighted by Crippen LogP contribution is -2.09. The quantitative estimate of drug-likeness (QED) is 0.806. The van der Waals surface area contributed by atoms with Gasteiger partial charge in [0.15, 0.2) is 0 Å². The minimum absolute atomic E-state index is 0.487. The summed E-state index contributed by atoms with van der Waals surface area (Å²) in [4.78, 5) is 19.2. The minimum Gasteiger partial charge on any atom is -0.481 e. The van der Waals surface area contributed by atoms with Gasteiger partial charge in [-0.2, -0.15) is 0 Å². The zero-order chi connectivity index (χ0) is 10.8. The Morgan fingerprint density at radius 2 is 2.00 bits per heavy atom. The van der Waals surface area contributed by atoms with Crippen LogP contribution in [0.3, 0.4) is 0 Å². The van der Waals surface area contributed by atoms with Gasteiger partial charge in [-0.05, 0) is 19.1 Å². The molecule has 0 spiro atoms. The highest BCUT2D eigenvalue weighted by atomic mass is 16.4. The van der Waals surface area contributed by atoms with Gasteiger partial charge in [-0.25, -0.2) is 4.98 Å². The van der Waals surface area contributed by atoms with Crippen molar-refractivity contribution in [3.63, 3.8) is 0 Å². The van der Waals surface area contributed by atoms with Crippen molar-refractivity contribution in [3.05, 3.63) is 36.2 Å². The first-order chi connectivity index (χ1) is 7.18. The third-order valence-electron chi connectivity index (χ3n) is 2.28. The molecular formula is C11H10N2O2. The molecule has 2 rings (SSSR count). The predicted molar refractivity (Wildman–Crippen MR) is 55.6 cm³/mol. The molecule has 0 bridgehead atoms. The molecule has 1 aromatic carbocycles. The van der Waals surface area contributed by atoms with Gasteiger partial charge in [0.05, 0.1) is 28.8 Å². The summed E-state index contributed by atoms with van der Waals surface area (Å²) in [6.45, 7) is 1.60. The summed E-state index contributed by atoms with van der Waals surface area (Å²) >= 11 is 0. The number of carbonyl (C=O) groups is 1. The molecule has 0 saturated heterocycles. The maximum Gasteiger partial charge on any atom is 0.312 e. The zero-order valence-corrected chi connectivity index (χ0v) is 8.21. The fourth-order valence-electron chi connectivity index (χ4n) is 1.31. The number of hydrogen-bond acceptors (Lipinski definition) is 3. The molecule has 0 aliphatic carbocycles. The molecule has 0 saturated carbocycles. The number of hydrogen-bond donors (Lipinski definition) is 1. The molecule has 1 heterocycles. The molecule has 4 heteroatoms. The van der Waals surface area contributed by atoms with Crippen LogP contribution in [0.5, 0.6) is 0 Å². The number of aromatic nitrogens is 2. The summed E-state index contributed by atoms with van der Waals surface area (Å²) in [6.07, 6.45) is 1.52. The van der Waals surface area contributed by atoms with E-state index in [1.165, 1.54) is 6.20 Å². The van der Waals surface area contributed by atoms with E-state index in [0.717, 1.165) is 11.0 Å². The number of nitrogens with zero attached hydrogens (tertiary/aromatic N) is 2. The van der Waals surface area contributed by atoms with Crippen molar-refractivity contribution in [1.82, 2.24) is 9.97 Å². The Labute approximate surface area is 86.6 Å². The summed E-state index contributed by atoms with van der Waals surface area (Å²) < 4.78 is 0. The van der Waals surface area contributed by atoms with Gasteiger partial charge in [0.25, 0.3) is 0 Å². The lowest BCUT2D eigenvalue weighted by atomic mass is 10.1. The fourth-order valence-corrected chi connectivity index (χ4v) is 1.31. The third-order valence-corrected chi connectivity index (χ3v) is 2.28. The van der Waals surface area contributed by atoms with Gasteiger partial charge in [0, 0.05) is 0 Å². The van der Waals surface area contributed by atoms with Gasteiger partial charge in [0.1, 0.15) is 0 Å². The van der Waals surface area contributed by atoms with Crippen LogP contribution in [0.1, 0.15) is 18.5 Å². The number of carboxylic acids is 1. The van der Waals surface area contributed by atoms with Crippen LogP contribution < -0.4 is 0 Å². The molecule has 2 aromatic rings. The Hall–Kier alpha value is -1.97. The lowest BCUT2D eigenvalue weighted by Gasteiger charge is -2.05.